The van der Waals surface area contributed by atoms with Crippen molar-refractivity contribution in [2.24, 2.45) is 5.92 Å². The van der Waals surface area contributed by atoms with E-state index >= 15 is 0 Å². The lowest BCUT2D eigenvalue weighted by atomic mass is 10.2. The number of ether oxygens (including phenoxy) is 1. The van der Waals surface area contributed by atoms with E-state index in [1.54, 1.807) is 0 Å². The van der Waals surface area contributed by atoms with Crippen LogP contribution in [-0.2, 0) is 4.74 Å². The smallest absolute Gasteiger partial charge is 0.0630 e. The van der Waals surface area contributed by atoms with Crippen LogP contribution in [0.25, 0.3) is 0 Å². The summed E-state index contributed by atoms with van der Waals surface area (Å²) in [6.07, 6.45) is 4.36. The minimum Gasteiger partial charge on any atom is -0.378 e. The van der Waals surface area contributed by atoms with Crippen molar-refractivity contribution in [3.63, 3.8) is 0 Å². The van der Waals surface area contributed by atoms with Gasteiger partial charge in [0.2, 0.25) is 0 Å². The van der Waals surface area contributed by atoms with Crippen LogP contribution in [0.4, 0.5) is 0 Å². The van der Waals surface area contributed by atoms with Gasteiger partial charge in [0.25, 0.3) is 0 Å². The van der Waals surface area contributed by atoms with Crippen LogP contribution in [0.2, 0.25) is 0 Å². The minimum absolute atomic E-state index is 0.618. The summed E-state index contributed by atoms with van der Waals surface area (Å²) in [6, 6.07) is 0.618. The summed E-state index contributed by atoms with van der Waals surface area (Å²) in [5.74, 6) is 1.05. The van der Waals surface area contributed by atoms with Crippen molar-refractivity contribution in [1.29, 1.82) is 0 Å². The molecule has 2 aliphatic rings. The van der Waals surface area contributed by atoms with Crippen LogP contribution in [0.1, 0.15) is 19.3 Å². The van der Waals surface area contributed by atoms with Crippen molar-refractivity contribution in [2.75, 3.05) is 31.6 Å². The Balaban J connectivity index is 1.72. The molecule has 1 unspecified atom stereocenters. The van der Waals surface area contributed by atoms with Gasteiger partial charge in [0.1, 0.15) is 0 Å². The number of hydrogen-bond acceptors (Lipinski definition) is 2. The van der Waals surface area contributed by atoms with Gasteiger partial charge in [0.15, 0.2) is 0 Å². The van der Waals surface area contributed by atoms with Gasteiger partial charge in [-0.1, -0.05) is 28.8 Å². The molecule has 0 aromatic rings. The average Bonchev–Trinajstić information content (AvgIpc) is 2.99. The van der Waals surface area contributed by atoms with Crippen LogP contribution in [0.15, 0.2) is 0 Å². The van der Waals surface area contributed by atoms with Crippen molar-refractivity contribution in [3.05, 3.63) is 0 Å². The zero-order valence-electron chi connectivity index (χ0n) is 8.04. The van der Waals surface area contributed by atoms with Crippen molar-refractivity contribution < 1.29 is 4.74 Å². The number of alkyl halides is 1. The molecule has 1 aliphatic carbocycles. The van der Waals surface area contributed by atoms with E-state index in [2.05, 4.69) is 20.8 Å². The third-order valence-corrected chi connectivity index (χ3v) is 3.80. The molecule has 13 heavy (non-hydrogen) atoms. The van der Waals surface area contributed by atoms with Crippen molar-refractivity contribution in [3.8, 4) is 0 Å². The summed E-state index contributed by atoms with van der Waals surface area (Å²) in [5.41, 5.74) is 0. The summed E-state index contributed by atoms with van der Waals surface area (Å²) in [7, 11) is 0. The number of rotatable bonds is 4. The fourth-order valence-corrected chi connectivity index (χ4v) is 2.48. The average molecular weight is 248 g/mol. The molecule has 1 saturated carbocycles. The van der Waals surface area contributed by atoms with Gasteiger partial charge in [-0.3, -0.25) is 4.90 Å². The Morgan fingerprint density at radius 1 is 1.38 bits per heavy atom. The standard InChI is InChI=1S/C10H18BrNO/c11-7-10-8-13-6-5-12(10)4-3-9-1-2-9/h9-10H,1-8H2. The van der Waals surface area contributed by atoms with Crippen LogP contribution in [-0.4, -0.2) is 42.6 Å². The van der Waals surface area contributed by atoms with E-state index in [9.17, 15) is 0 Å². The van der Waals surface area contributed by atoms with Crippen LogP contribution < -0.4 is 0 Å². The molecule has 1 saturated heterocycles. The number of halogens is 1. The summed E-state index contributed by atoms with van der Waals surface area (Å²) >= 11 is 3.55. The lowest BCUT2D eigenvalue weighted by Gasteiger charge is -2.34. The van der Waals surface area contributed by atoms with E-state index in [1.165, 1.54) is 25.8 Å². The molecule has 1 atom stereocenters. The molecule has 2 fully saturated rings. The van der Waals surface area contributed by atoms with Crippen molar-refractivity contribution in [2.45, 2.75) is 25.3 Å². The molecule has 2 nitrogen and oxygen atoms in total. The topological polar surface area (TPSA) is 12.5 Å². The van der Waals surface area contributed by atoms with Gasteiger partial charge in [-0.15, -0.1) is 0 Å². The first-order valence-corrected chi connectivity index (χ1v) is 6.40. The zero-order valence-corrected chi connectivity index (χ0v) is 9.63. The Kier molecular flexibility index (Phi) is 3.64. The number of hydrogen-bond donors (Lipinski definition) is 0. The van der Waals surface area contributed by atoms with E-state index < -0.39 is 0 Å². The highest BCUT2D eigenvalue weighted by Crippen LogP contribution is 2.32. The largest absolute Gasteiger partial charge is 0.378 e. The predicted octanol–water partition coefficient (Wildman–Crippen LogP) is 1.88. The summed E-state index contributed by atoms with van der Waals surface area (Å²) < 4.78 is 5.45. The number of nitrogens with zero attached hydrogens (tertiary/aromatic N) is 1. The molecule has 0 aromatic carbocycles. The van der Waals surface area contributed by atoms with Crippen molar-refractivity contribution >= 4 is 15.9 Å². The lowest BCUT2D eigenvalue weighted by molar-refractivity contribution is 0.000950. The highest BCUT2D eigenvalue weighted by Gasteiger charge is 2.26. The summed E-state index contributed by atoms with van der Waals surface area (Å²) in [6.45, 7) is 4.25. The van der Waals surface area contributed by atoms with Crippen LogP contribution in [0, 0.1) is 5.92 Å². The Bertz CT molecular complexity index is 161. The summed E-state index contributed by atoms with van der Waals surface area (Å²) in [5, 5.41) is 1.05. The van der Waals surface area contributed by atoms with E-state index in [0.717, 1.165) is 31.0 Å². The first-order valence-electron chi connectivity index (χ1n) is 5.28. The molecular weight excluding hydrogens is 230 g/mol. The van der Waals surface area contributed by atoms with Crippen LogP contribution in [0.3, 0.4) is 0 Å². The van der Waals surface area contributed by atoms with Gasteiger partial charge in [0, 0.05) is 17.9 Å². The Hall–Kier alpha value is 0.400. The van der Waals surface area contributed by atoms with Gasteiger partial charge in [-0.2, -0.15) is 0 Å². The van der Waals surface area contributed by atoms with E-state index in [4.69, 9.17) is 4.74 Å². The maximum atomic E-state index is 5.45. The Morgan fingerprint density at radius 3 is 2.92 bits per heavy atom. The lowest BCUT2D eigenvalue weighted by Crippen LogP contribution is -2.46. The second-order valence-corrected chi connectivity index (χ2v) is 4.80. The molecule has 0 amide bonds. The fourth-order valence-electron chi connectivity index (χ4n) is 1.88. The van der Waals surface area contributed by atoms with Gasteiger partial charge in [-0.25, -0.2) is 0 Å². The molecule has 3 heteroatoms. The molecule has 76 valence electrons. The fraction of sp³-hybridized carbons (Fsp3) is 1.00. The SMILES string of the molecule is BrCC1COCCN1CCC1CC1. The third kappa shape index (κ3) is 2.93. The second-order valence-electron chi connectivity index (χ2n) is 4.15. The first-order chi connectivity index (χ1) is 6.40. The van der Waals surface area contributed by atoms with Gasteiger partial charge in [-0.05, 0) is 18.9 Å². The van der Waals surface area contributed by atoms with Crippen molar-refractivity contribution in [1.82, 2.24) is 4.90 Å². The number of morpholine rings is 1. The highest BCUT2D eigenvalue weighted by atomic mass is 79.9. The predicted molar refractivity (Wildman–Crippen MR) is 57.3 cm³/mol. The van der Waals surface area contributed by atoms with E-state index in [1.807, 2.05) is 0 Å². The molecular formula is C10H18BrNO. The van der Waals surface area contributed by atoms with Gasteiger partial charge < -0.3 is 4.74 Å². The second kappa shape index (κ2) is 4.76. The maximum absolute atomic E-state index is 5.45. The molecule has 0 N–H and O–H groups in total. The first kappa shape index (κ1) is 9.94. The zero-order chi connectivity index (χ0) is 9.10. The van der Waals surface area contributed by atoms with E-state index in [0.29, 0.717) is 6.04 Å². The molecule has 0 aromatic heterocycles. The monoisotopic (exact) mass is 247 g/mol. The van der Waals surface area contributed by atoms with Crippen LogP contribution >= 0.6 is 15.9 Å². The molecule has 0 bridgehead atoms. The summed E-state index contributed by atoms with van der Waals surface area (Å²) in [4.78, 5) is 2.58. The molecule has 0 radical (unpaired) electrons. The molecule has 2 rings (SSSR count). The van der Waals surface area contributed by atoms with E-state index in [-0.39, 0.29) is 0 Å². The normalized spacial score (nSPS) is 30.7. The Morgan fingerprint density at radius 2 is 2.23 bits per heavy atom. The Labute approximate surface area is 88.8 Å². The van der Waals surface area contributed by atoms with Gasteiger partial charge in [0.05, 0.1) is 13.2 Å². The molecule has 1 heterocycles. The maximum Gasteiger partial charge on any atom is 0.0630 e. The molecule has 0 spiro atoms. The minimum atomic E-state index is 0.618. The highest BCUT2D eigenvalue weighted by molar-refractivity contribution is 9.09. The van der Waals surface area contributed by atoms with Crippen LogP contribution in [0.5, 0.6) is 0 Å². The molecule has 1 aliphatic heterocycles. The third-order valence-electron chi connectivity index (χ3n) is 3.05. The quantitative estimate of drug-likeness (QED) is 0.704. The van der Waals surface area contributed by atoms with Gasteiger partial charge >= 0.3 is 0 Å².